The highest BCUT2D eigenvalue weighted by atomic mass is 19.4. The van der Waals surface area contributed by atoms with Crippen molar-refractivity contribution < 1.29 is 18.0 Å². The largest absolute Gasteiger partial charge is 0.416 e. The molecule has 5 heteroatoms. The monoisotopic (exact) mass is 265 g/mol. The van der Waals surface area contributed by atoms with Crippen LogP contribution in [0.1, 0.15) is 27.2 Å². The van der Waals surface area contributed by atoms with E-state index in [4.69, 9.17) is 0 Å². The van der Waals surface area contributed by atoms with E-state index in [1.165, 1.54) is 31.3 Å². The Hall–Kier alpha value is -2.17. The third-order valence-electron chi connectivity index (χ3n) is 2.78. The Kier molecular flexibility index (Phi) is 3.38. The standard InChI is InChI=1S/C14H10F3NO/c1-9-10(5-4-6-11(9)14(15,16)17)13(19)12-7-2-3-8-18-12/h2-8H,1H3. The Bertz CT molecular complexity index is 606. The molecular weight excluding hydrogens is 255 g/mol. The van der Waals surface area contributed by atoms with Gasteiger partial charge in [-0.1, -0.05) is 18.2 Å². The Morgan fingerprint density at radius 3 is 2.42 bits per heavy atom. The molecular formula is C14H10F3NO. The molecule has 1 aromatic carbocycles. The van der Waals surface area contributed by atoms with Crippen LogP contribution in [0.3, 0.4) is 0 Å². The molecule has 19 heavy (non-hydrogen) atoms. The van der Waals surface area contributed by atoms with Crippen molar-refractivity contribution in [3.05, 3.63) is 65.0 Å². The molecule has 98 valence electrons. The molecule has 0 aliphatic heterocycles. The molecule has 0 amide bonds. The van der Waals surface area contributed by atoms with E-state index in [9.17, 15) is 18.0 Å². The minimum Gasteiger partial charge on any atom is -0.287 e. The van der Waals surface area contributed by atoms with Gasteiger partial charge in [0.1, 0.15) is 5.69 Å². The Balaban J connectivity index is 2.50. The maximum Gasteiger partial charge on any atom is 0.416 e. The zero-order valence-corrected chi connectivity index (χ0v) is 10.0. The SMILES string of the molecule is Cc1c(C(=O)c2ccccn2)cccc1C(F)(F)F. The number of alkyl halides is 3. The second kappa shape index (κ2) is 4.84. The highest BCUT2D eigenvalue weighted by Crippen LogP contribution is 2.33. The predicted octanol–water partition coefficient (Wildman–Crippen LogP) is 3.64. The van der Waals surface area contributed by atoms with E-state index in [-0.39, 0.29) is 16.8 Å². The number of pyridine rings is 1. The summed E-state index contributed by atoms with van der Waals surface area (Å²) in [5.74, 6) is -0.510. The average molecular weight is 265 g/mol. The summed E-state index contributed by atoms with van der Waals surface area (Å²) in [7, 11) is 0. The number of rotatable bonds is 2. The molecule has 1 heterocycles. The second-order valence-electron chi connectivity index (χ2n) is 4.02. The first-order valence-corrected chi connectivity index (χ1v) is 5.54. The Morgan fingerprint density at radius 2 is 1.84 bits per heavy atom. The van der Waals surface area contributed by atoms with Gasteiger partial charge in [-0.25, -0.2) is 0 Å². The number of halogens is 3. The molecule has 0 bridgehead atoms. The van der Waals surface area contributed by atoms with Crippen LogP contribution in [0, 0.1) is 6.92 Å². The quantitative estimate of drug-likeness (QED) is 0.776. The number of aromatic nitrogens is 1. The third-order valence-corrected chi connectivity index (χ3v) is 2.78. The van der Waals surface area contributed by atoms with Crippen LogP contribution in [0.15, 0.2) is 42.6 Å². The smallest absolute Gasteiger partial charge is 0.287 e. The molecule has 0 unspecified atom stereocenters. The predicted molar refractivity (Wildman–Crippen MR) is 63.9 cm³/mol. The molecule has 2 nitrogen and oxygen atoms in total. The third kappa shape index (κ3) is 2.65. The Labute approximate surface area is 107 Å². The van der Waals surface area contributed by atoms with E-state index < -0.39 is 17.5 Å². The first-order valence-electron chi connectivity index (χ1n) is 5.54. The van der Waals surface area contributed by atoms with Gasteiger partial charge >= 0.3 is 6.18 Å². The number of hydrogen-bond acceptors (Lipinski definition) is 2. The van der Waals surface area contributed by atoms with Crippen molar-refractivity contribution in [2.75, 3.05) is 0 Å². The van der Waals surface area contributed by atoms with Crippen LogP contribution in [0.25, 0.3) is 0 Å². The van der Waals surface area contributed by atoms with Gasteiger partial charge in [-0.15, -0.1) is 0 Å². The molecule has 0 aliphatic carbocycles. The molecule has 0 atom stereocenters. The number of hydrogen-bond donors (Lipinski definition) is 0. The molecule has 0 spiro atoms. The van der Waals surface area contributed by atoms with Crippen molar-refractivity contribution in [1.82, 2.24) is 4.98 Å². The van der Waals surface area contributed by atoms with Crippen LogP contribution in [0.5, 0.6) is 0 Å². The van der Waals surface area contributed by atoms with Gasteiger partial charge in [0.05, 0.1) is 5.56 Å². The lowest BCUT2D eigenvalue weighted by Gasteiger charge is -2.12. The van der Waals surface area contributed by atoms with Crippen LogP contribution >= 0.6 is 0 Å². The molecule has 2 aromatic rings. The number of carbonyl (C=O) groups is 1. The lowest BCUT2D eigenvalue weighted by molar-refractivity contribution is -0.138. The van der Waals surface area contributed by atoms with E-state index in [2.05, 4.69) is 4.98 Å². The fourth-order valence-corrected chi connectivity index (χ4v) is 1.82. The number of nitrogens with zero attached hydrogens (tertiary/aromatic N) is 1. The van der Waals surface area contributed by atoms with Gasteiger partial charge in [-0.3, -0.25) is 9.78 Å². The zero-order valence-electron chi connectivity index (χ0n) is 10.0. The van der Waals surface area contributed by atoms with Crippen molar-refractivity contribution in [1.29, 1.82) is 0 Å². The van der Waals surface area contributed by atoms with Crippen molar-refractivity contribution in [2.24, 2.45) is 0 Å². The highest BCUT2D eigenvalue weighted by Gasteiger charge is 2.33. The molecule has 0 radical (unpaired) electrons. The van der Waals surface area contributed by atoms with Crippen molar-refractivity contribution >= 4 is 5.78 Å². The van der Waals surface area contributed by atoms with Crippen LogP contribution < -0.4 is 0 Å². The van der Waals surface area contributed by atoms with Crippen LogP contribution in [0.4, 0.5) is 13.2 Å². The van der Waals surface area contributed by atoms with Crippen LogP contribution in [-0.4, -0.2) is 10.8 Å². The van der Waals surface area contributed by atoms with E-state index in [0.29, 0.717) is 0 Å². The van der Waals surface area contributed by atoms with Gasteiger partial charge in [0.25, 0.3) is 0 Å². The molecule has 0 aliphatic rings. The lowest BCUT2D eigenvalue weighted by Crippen LogP contribution is -2.12. The van der Waals surface area contributed by atoms with E-state index in [1.54, 1.807) is 12.1 Å². The number of ketones is 1. The summed E-state index contributed by atoms with van der Waals surface area (Å²) in [5, 5.41) is 0. The normalized spacial score (nSPS) is 11.4. The highest BCUT2D eigenvalue weighted by molar-refractivity contribution is 6.08. The summed E-state index contributed by atoms with van der Waals surface area (Å²) in [6, 6.07) is 8.29. The summed E-state index contributed by atoms with van der Waals surface area (Å²) in [6.07, 6.45) is -3.04. The van der Waals surface area contributed by atoms with E-state index in [0.717, 1.165) is 6.07 Å². The molecule has 2 rings (SSSR count). The van der Waals surface area contributed by atoms with Crippen LogP contribution in [0.2, 0.25) is 0 Å². The fraction of sp³-hybridized carbons (Fsp3) is 0.143. The lowest BCUT2D eigenvalue weighted by atomic mass is 9.97. The van der Waals surface area contributed by atoms with Crippen LogP contribution in [-0.2, 0) is 6.18 Å². The molecule has 0 N–H and O–H groups in total. The fourth-order valence-electron chi connectivity index (χ4n) is 1.82. The van der Waals surface area contributed by atoms with Gasteiger partial charge in [-0.05, 0) is 30.7 Å². The van der Waals surface area contributed by atoms with E-state index in [1.807, 2.05) is 0 Å². The number of benzene rings is 1. The number of carbonyl (C=O) groups excluding carboxylic acids is 1. The maximum absolute atomic E-state index is 12.8. The molecule has 0 saturated heterocycles. The van der Waals surface area contributed by atoms with Gasteiger partial charge in [0.15, 0.2) is 0 Å². The van der Waals surface area contributed by atoms with Gasteiger partial charge in [0.2, 0.25) is 5.78 Å². The molecule has 0 saturated carbocycles. The minimum absolute atomic E-state index is 0.0218. The van der Waals surface area contributed by atoms with Gasteiger partial charge < -0.3 is 0 Å². The second-order valence-corrected chi connectivity index (χ2v) is 4.02. The van der Waals surface area contributed by atoms with Crippen molar-refractivity contribution in [3.63, 3.8) is 0 Å². The Morgan fingerprint density at radius 1 is 1.11 bits per heavy atom. The summed E-state index contributed by atoms with van der Waals surface area (Å²) < 4.78 is 38.3. The van der Waals surface area contributed by atoms with Gasteiger partial charge in [0, 0.05) is 11.8 Å². The maximum atomic E-state index is 12.8. The summed E-state index contributed by atoms with van der Waals surface area (Å²) in [6.45, 7) is 1.29. The van der Waals surface area contributed by atoms with Gasteiger partial charge in [-0.2, -0.15) is 13.2 Å². The van der Waals surface area contributed by atoms with Crippen molar-refractivity contribution in [3.8, 4) is 0 Å². The molecule has 1 aromatic heterocycles. The van der Waals surface area contributed by atoms with Crippen molar-refractivity contribution in [2.45, 2.75) is 13.1 Å². The first-order chi connectivity index (χ1) is 8.91. The summed E-state index contributed by atoms with van der Waals surface area (Å²) >= 11 is 0. The first kappa shape index (κ1) is 13.3. The zero-order chi connectivity index (χ0) is 14.0. The topological polar surface area (TPSA) is 30.0 Å². The summed E-state index contributed by atoms with van der Waals surface area (Å²) in [5.41, 5.74) is -0.724. The average Bonchev–Trinajstić information content (AvgIpc) is 2.38. The van der Waals surface area contributed by atoms with E-state index >= 15 is 0 Å². The molecule has 0 fully saturated rings. The summed E-state index contributed by atoms with van der Waals surface area (Å²) in [4.78, 5) is 16.0. The minimum atomic E-state index is -4.47.